The monoisotopic (exact) mass is 259 g/mol. The number of hydrogen-bond acceptors (Lipinski definition) is 3. The van der Waals surface area contributed by atoms with Crippen LogP contribution in [0.4, 0.5) is 0 Å². The Morgan fingerprint density at radius 3 is 3.16 bits per heavy atom. The predicted molar refractivity (Wildman–Crippen MR) is 71.7 cm³/mol. The maximum absolute atomic E-state index is 11.1. The van der Waals surface area contributed by atoms with Gasteiger partial charge in [-0.2, -0.15) is 0 Å². The molecule has 5 nitrogen and oxygen atoms in total. The van der Waals surface area contributed by atoms with E-state index in [1.54, 1.807) is 6.20 Å². The largest absolute Gasteiger partial charge is 0.481 e. The number of carbonyl (C=O) groups is 1. The summed E-state index contributed by atoms with van der Waals surface area (Å²) in [5, 5.41) is 10.3. The summed E-state index contributed by atoms with van der Waals surface area (Å²) in [7, 11) is 0. The summed E-state index contributed by atoms with van der Waals surface area (Å²) >= 11 is 0. The van der Waals surface area contributed by atoms with Crippen molar-refractivity contribution in [2.24, 2.45) is 11.8 Å². The zero-order valence-corrected chi connectivity index (χ0v) is 10.8. The predicted octanol–water partition coefficient (Wildman–Crippen LogP) is 1.72. The Hall–Kier alpha value is -1.88. The summed E-state index contributed by atoms with van der Waals surface area (Å²) in [6, 6.07) is 3.97. The zero-order chi connectivity index (χ0) is 13.4. The van der Waals surface area contributed by atoms with E-state index in [-0.39, 0.29) is 11.8 Å². The van der Waals surface area contributed by atoms with Crippen molar-refractivity contribution in [2.75, 3.05) is 13.1 Å². The molecule has 2 aromatic heterocycles. The van der Waals surface area contributed by atoms with Crippen molar-refractivity contribution in [1.29, 1.82) is 0 Å². The van der Waals surface area contributed by atoms with Crippen LogP contribution in [0, 0.1) is 11.8 Å². The number of pyridine rings is 1. The van der Waals surface area contributed by atoms with E-state index in [1.807, 2.05) is 25.3 Å². The molecule has 100 valence electrons. The van der Waals surface area contributed by atoms with Gasteiger partial charge in [0.05, 0.1) is 5.92 Å². The van der Waals surface area contributed by atoms with Gasteiger partial charge >= 0.3 is 5.97 Å². The van der Waals surface area contributed by atoms with E-state index >= 15 is 0 Å². The van der Waals surface area contributed by atoms with Crippen LogP contribution >= 0.6 is 0 Å². The van der Waals surface area contributed by atoms with Crippen LogP contribution in [0.2, 0.25) is 0 Å². The zero-order valence-electron chi connectivity index (χ0n) is 10.8. The number of aromatic amines is 1. The molecule has 2 aromatic rings. The summed E-state index contributed by atoms with van der Waals surface area (Å²) in [6.07, 6.45) is 3.73. The Morgan fingerprint density at radius 1 is 1.58 bits per heavy atom. The first kappa shape index (κ1) is 12.2. The van der Waals surface area contributed by atoms with E-state index in [1.165, 1.54) is 5.56 Å². The molecule has 0 saturated carbocycles. The van der Waals surface area contributed by atoms with Crippen LogP contribution < -0.4 is 0 Å². The quantitative estimate of drug-likeness (QED) is 0.880. The van der Waals surface area contributed by atoms with Crippen molar-refractivity contribution >= 4 is 17.0 Å². The number of hydrogen-bond donors (Lipinski definition) is 2. The van der Waals surface area contributed by atoms with E-state index in [4.69, 9.17) is 5.11 Å². The highest BCUT2D eigenvalue weighted by Gasteiger charge is 2.34. The first-order valence-electron chi connectivity index (χ1n) is 6.51. The first-order chi connectivity index (χ1) is 9.15. The fourth-order valence-corrected chi connectivity index (χ4v) is 2.90. The molecule has 3 rings (SSSR count). The number of aliphatic carboxylic acids is 1. The molecule has 5 heteroatoms. The lowest BCUT2D eigenvalue weighted by Gasteiger charge is -2.14. The van der Waals surface area contributed by atoms with Gasteiger partial charge in [0.15, 0.2) is 0 Å². The molecule has 0 amide bonds. The molecule has 0 radical (unpaired) electrons. The summed E-state index contributed by atoms with van der Waals surface area (Å²) in [4.78, 5) is 20.8. The summed E-state index contributed by atoms with van der Waals surface area (Å²) in [6.45, 7) is 4.25. The summed E-state index contributed by atoms with van der Waals surface area (Å²) in [5.74, 6) is -0.722. The third-order valence-corrected chi connectivity index (χ3v) is 3.94. The lowest BCUT2D eigenvalue weighted by molar-refractivity contribution is -0.142. The highest BCUT2D eigenvalue weighted by Crippen LogP contribution is 2.26. The van der Waals surface area contributed by atoms with E-state index in [0.29, 0.717) is 6.54 Å². The molecule has 19 heavy (non-hydrogen) atoms. The van der Waals surface area contributed by atoms with Crippen LogP contribution in [-0.2, 0) is 11.3 Å². The molecular formula is C14H17N3O2. The van der Waals surface area contributed by atoms with Crippen molar-refractivity contribution in [3.8, 4) is 0 Å². The van der Waals surface area contributed by atoms with Crippen LogP contribution in [0.25, 0.3) is 11.0 Å². The molecule has 0 aliphatic carbocycles. The Bertz CT molecular complexity index is 608. The number of nitrogens with zero attached hydrogens (tertiary/aromatic N) is 2. The molecule has 1 aliphatic rings. The lowest BCUT2D eigenvalue weighted by atomic mass is 9.99. The molecule has 3 heterocycles. The first-order valence-corrected chi connectivity index (χ1v) is 6.51. The van der Waals surface area contributed by atoms with E-state index in [2.05, 4.69) is 14.9 Å². The number of H-pyrrole nitrogens is 1. The Morgan fingerprint density at radius 2 is 2.42 bits per heavy atom. The Balaban J connectivity index is 1.78. The number of carboxylic acid groups (broad SMARTS) is 1. The van der Waals surface area contributed by atoms with Gasteiger partial charge in [0.1, 0.15) is 5.65 Å². The minimum absolute atomic E-state index is 0.209. The third kappa shape index (κ3) is 2.21. The summed E-state index contributed by atoms with van der Waals surface area (Å²) < 4.78 is 0. The van der Waals surface area contributed by atoms with Gasteiger partial charge in [0.2, 0.25) is 0 Å². The highest BCUT2D eigenvalue weighted by atomic mass is 16.4. The van der Waals surface area contributed by atoms with Crippen molar-refractivity contribution in [3.63, 3.8) is 0 Å². The maximum atomic E-state index is 11.1. The van der Waals surface area contributed by atoms with Crippen LogP contribution in [0.1, 0.15) is 12.5 Å². The van der Waals surface area contributed by atoms with Gasteiger partial charge in [-0.15, -0.1) is 0 Å². The second kappa shape index (κ2) is 4.66. The van der Waals surface area contributed by atoms with Gasteiger partial charge in [-0.25, -0.2) is 4.98 Å². The molecule has 2 N–H and O–H groups in total. The Kier molecular flexibility index (Phi) is 2.98. The number of carboxylic acids is 1. The fourth-order valence-electron chi connectivity index (χ4n) is 2.90. The van der Waals surface area contributed by atoms with E-state index < -0.39 is 5.97 Å². The van der Waals surface area contributed by atoms with Crippen molar-refractivity contribution in [1.82, 2.24) is 14.9 Å². The van der Waals surface area contributed by atoms with Crippen LogP contribution in [0.15, 0.2) is 24.5 Å². The topological polar surface area (TPSA) is 69.2 Å². The number of fused-ring (bicyclic) bond motifs is 1. The standard InChI is InChI=1S/C14H17N3O2/c1-9-6-17(8-12(9)14(18)19)7-10-5-16-13-11(10)3-2-4-15-13/h2-5,9,12H,6-8H2,1H3,(H,15,16)(H,18,19). The van der Waals surface area contributed by atoms with Gasteiger partial charge < -0.3 is 10.1 Å². The van der Waals surface area contributed by atoms with Crippen molar-refractivity contribution in [3.05, 3.63) is 30.1 Å². The van der Waals surface area contributed by atoms with E-state index in [9.17, 15) is 4.79 Å². The van der Waals surface area contributed by atoms with Crippen LogP contribution in [-0.4, -0.2) is 39.0 Å². The third-order valence-electron chi connectivity index (χ3n) is 3.94. The second-order valence-corrected chi connectivity index (χ2v) is 5.33. The minimum Gasteiger partial charge on any atom is -0.481 e. The highest BCUT2D eigenvalue weighted by molar-refractivity contribution is 5.79. The van der Waals surface area contributed by atoms with Gasteiger partial charge in [-0.05, 0) is 23.6 Å². The Labute approximate surface area is 111 Å². The average molecular weight is 259 g/mol. The molecule has 2 atom stereocenters. The minimum atomic E-state index is -0.685. The number of rotatable bonds is 3. The van der Waals surface area contributed by atoms with E-state index in [0.717, 1.165) is 24.1 Å². The number of likely N-dealkylation sites (tertiary alicyclic amines) is 1. The average Bonchev–Trinajstić information content (AvgIpc) is 2.95. The second-order valence-electron chi connectivity index (χ2n) is 5.33. The number of aromatic nitrogens is 2. The normalized spacial score (nSPS) is 24.1. The fraction of sp³-hybridized carbons (Fsp3) is 0.429. The van der Waals surface area contributed by atoms with Crippen molar-refractivity contribution < 1.29 is 9.90 Å². The smallest absolute Gasteiger partial charge is 0.308 e. The van der Waals surface area contributed by atoms with Crippen molar-refractivity contribution in [2.45, 2.75) is 13.5 Å². The molecule has 0 spiro atoms. The molecule has 1 fully saturated rings. The number of nitrogens with one attached hydrogen (secondary N) is 1. The van der Waals surface area contributed by atoms with Gasteiger partial charge in [0.25, 0.3) is 0 Å². The maximum Gasteiger partial charge on any atom is 0.308 e. The van der Waals surface area contributed by atoms with Gasteiger partial charge in [-0.1, -0.05) is 6.92 Å². The molecule has 0 aromatic carbocycles. The van der Waals surface area contributed by atoms with Gasteiger partial charge in [-0.3, -0.25) is 9.69 Å². The van der Waals surface area contributed by atoms with Crippen LogP contribution in [0.3, 0.4) is 0 Å². The molecular weight excluding hydrogens is 242 g/mol. The SMILES string of the molecule is CC1CN(Cc2c[nH]c3ncccc23)CC1C(=O)O. The van der Waals surface area contributed by atoms with Gasteiger partial charge in [0, 0.05) is 37.4 Å². The molecule has 0 bridgehead atoms. The molecule has 2 unspecified atom stereocenters. The summed E-state index contributed by atoms with van der Waals surface area (Å²) in [5.41, 5.74) is 2.07. The lowest BCUT2D eigenvalue weighted by Crippen LogP contribution is -2.23. The molecule has 1 aliphatic heterocycles. The van der Waals surface area contributed by atoms with Crippen LogP contribution in [0.5, 0.6) is 0 Å². The molecule has 1 saturated heterocycles.